The first-order valence-corrected chi connectivity index (χ1v) is 9.92. The Balaban J connectivity index is 1.62. The standard InChI is InChI=1S/C19H34O5/c1-20-13-7-14-21-18-12-15-22-19(18,24-17-10-5-6-11-17)23-16-8-3-2-4-9-16/h16-18H,2-15H2,1H3. The van der Waals surface area contributed by atoms with Crippen molar-refractivity contribution in [2.45, 2.75) is 94.9 Å². The molecular weight excluding hydrogens is 308 g/mol. The van der Waals surface area contributed by atoms with Gasteiger partial charge in [-0.05, 0) is 32.1 Å². The highest BCUT2D eigenvalue weighted by molar-refractivity contribution is 4.83. The van der Waals surface area contributed by atoms with Crippen LogP contribution < -0.4 is 0 Å². The highest BCUT2D eigenvalue weighted by atomic mass is 16.9. The highest BCUT2D eigenvalue weighted by Gasteiger charge is 2.51. The second-order valence-corrected chi connectivity index (χ2v) is 7.35. The minimum atomic E-state index is -0.982. The summed E-state index contributed by atoms with van der Waals surface area (Å²) in [4.78, 5) is 0. The van der Waals surface area contributed by atoms with Gasteiger partial charge < -0.3 is 23.7 Å². The predicted molar refractivity (Wildman–Crippen MR) is 90.8 cm³/mol. The molecule has 0 amide bonds. The molecule has 0 bridgehead atoms. The lowest BCUT2D eigenvalue weighted by atomic mass is 9.97. The zero-order chi connectivity index (χ0) is 16.7. The Kier molecular flexibility index (Phi) is 7.35. The smallest absolute Gasteiger partial charge is 0.311 e. The zero-order valence-electron chi connectivity index (χ0n) is 15.2. The van der Waals surface area contributed by atoms with Gasteiger partial charge in [-0.15, -0.1) is 0 Å². The molecule has 1 aliphatic heterocycles. The third-order valence-corrected chi connectivity index (χ3v) is 5.41. The second-order valence-electron chi connectivity index (χ2n) is 7.35. The van der Waals surface area contributed by atoms with Crippen LogP contribution in [0.5, 0.6) is 0 Å². The molecule has 140 valence electrons. The van der Waals surface area contributed by atoms with Crippen LogP contribution in [-0.4, -0.2) is 51.2 Å². The van der Waals surface area contributed by atoms with Crippen LogP contribution in [0.3, 0.4) is 0 Å². The molecule has 3 fully saturated rings. The lowest BCUT2D eigenvalue weighted by Crippen LogP contribution is -2.50. The molecule has 0 aromatic heterocycles. The summed E-state index contributed by atoms with van der Waals surface area (Å²) >= 11 is 0. The van der Waals surface area contributed by atoms with E-state index in [1.807, 2.05) is 0 Å². The first-order chi connectivity index (χ1) is 11.8. The Bertz CT molecular complexity index is 352. The van der Waals surface area contributed by atoms with Crippen LogP contribution in [0.1, 0.15) is 70.6 Å². The van der Waals surface area contributed by atoms with Gasteiger partial charge in [-0.1, -0.05) is 32.1 Å². The van der Waals surface area contributed by atoms with E-state index in [0.717, 1.165) is 38.5 Å². The summed E-state index contributed by atoms with van der Waals surface area (Å²) in [7, 11) is 1.72. The molecule has 2 saturated carbocycles. The Morgan fingerprint density at radius 1 is 0.833 bits per heavy atom. The minimum Gasteiger partial charge on any atom is -0.385 e. The van der Waals surface area contributed by atoms with E-state index in [0.29, 0.717) is 19.8 Å². The maximum Gasteiger partial charge on any atom is 0.311 e. The Morgan fingerprint density at radius 3 is 2.08 bits per heavy atom. The fourth-order valence-electron chi connectivity index (χ4n) is 4.09. The van der Waals surface area contributed by atoms with E-state index in [-0.39, 0.29) is 18.3 Å². The minimum absolute atomic E-state index is 0.128. The molecule has 0 N–H and O–H groups in total. The van der Waals surface area contributed by atoms with Crippen LogP contribution in [0.4, 0.5) is 0 Å². The summed E-state index contributed by atoms with van der Waals surface area (Å²) in [5.74, 6) is -0.982. The molecule has 3 aliphatic rings. The Morgan fingerprint density at radius 2 is 1.46 bits per heavy atom. The summed E-state index contributed by atoms with van der Waals surface area (Å²) in [6.45, 7) is 2.02. The van der Waals surface area contributed by atoms with Crippen LogP contribution in [0.15, 0.2) is 0 Å². The fraction of sp³-hybridized carbons (Fsp3) is 1.00. The lowest BCUT2D eigenvalue weighted by Gasteiger charge is -2.39. The van der Waals surface area contributed by atoms with E-state index in [2.05, 4.69) is 0 Å². The maximum atomic E-state index is 6.47. The molecule has 0 spiro atoms. The van der Waals surface area contributed by atoms with Crippen LogP contribution >= 0.6 is 0 Å². The molecule has 5 heteroatoms. The van der Waals surface area contributed by atoms with Crippen molar-refractivity contribution in [1.82, 2.24) is 0 Å². The van der Waals surface area contributed by atoms with E-state index in [1.54, 1.807) is 7.11 Å². The van der Waals surface area contributed by atoms with E-state index in [9.17, 15) is 0 Å². The number of methoxy groups -OCH3 is 1. The molecule has 2 atom stereocenters. The Labute approximate surface area is 146 Å². The molecule has 24 heavy (non-hydrogen) atoms. The van der Waals surface area contributed by atoms with Gasteiger partial charge in [0.2, 0.25) is 0 Å². The van der Waals surface area contributed by atoms with E-state index in [1.165, 1.54) is 32.1 Å². The van der Waals surface area contributed by atoms with Gasteiger partial charge in [-0.25, -0.2) is 0 Å². The summed E-state index contributed by atoms with van der Waals surface area (Å²) in [6.07, 6.45) is 12.8. The summed E-state index contributed by atoms with van der Waals surface area (Å²) in [5, 5.41) is 0. The van der Waals surface area contributed by atoms with Crippen molar-refractivity contribution >= 4 is 0 Å². The van der Waals surface area contributed by atoms with Gasteiger partial charge in [0.1, 0.15) is 6.10 Å². The van der Waals surface area contributed by atoms with Crippen molar-refractivity contribution in [3.63, 3.8) is 0 Å². The third kappa shape index (κ3) is 4.92. The van der Waals surface area contributed by atoms with Gasteiger partial charge in [0.15, 0.2) is 0 Å². The fourth-order valence-corrected chi connectivity index (χ4v) is 4.09. The molecule has 0 aromatic rings. The van der Waals surface area contributed by atoms with Gasteiger partial charge in [-0.3, -0.25) is 0 Å². The number of hydrogen-bond acceptors (Lipinski definition) is 5. The van der Waals surface area contributed by atoms with Gasteiger partial charge >= 0.3 is 5.97 Å². The second kappa shape index (κ2) is 9.48. The summed E-state index contributed by atoms with van der Waals surface area (Å²) in [5.41, 5.74) is 0. The van der Waals surface area contributed by atoms with Crippen molar-refractivity contribution in [3.8, 4) is 0 Å². The molecule has 2 unspecified atom stereocenters. The molecular formula is C19H34O5. The van der Waals surface area contributed by atoms with Crippen LogP contribution in [0.2, 0.25) is 0 Å². The molecule has 0 aromatic carbocycles. The first-order valence-electron chi connectivity index (χ1n) is 9.92. The quantitative estimate of drug-likeness (QED) is 0.471. The molecule has 2 aliphatic carbocycles. The van der Waals surface area contributed by atoms with Crippen LogP contribution in [0, 0.1) is 0 Å². The average molecular weight is 342 g/mol. The number of hydrogen-bond donors (Lipinski definition) is 0. The lowest BCUT2D eigenvalue weighted by molar-refractivity contribution is -0.416. The van der Waals surface area contributed by atoms with Gasteiger partial charge in [0.25, 0.3) is 0 Å². The van der Waals surface area contributed by atoms with Gasteiger partial charge in [0, 0.05) is 26.7 Å². The largest absolute Gasteiger partial charge is 0.385 e. The molecule has 5 nitrogen and oxygen atoms in total. The third-order valence-electron chi connectivity index (χ3n) is 5.41. The molecule has 3 rings (SSSR count). The van der Waals surface area contributed by atoms with Crippen molar-refractivity contribution < 1.29 is 23.7 Å². The Hall–Kier alpha value is -0.200. The van der Waals surface area contributed by atoms with Crippen molar-refractivity contribution in [2.24, 2.45) is 0 Å². The van der Waals surface area contributed by atoms with Crippen LogP contribution in [0.25, 0.3) is 0 Å². The number of ether oxygens (including phenoxy) is 5. The van der Waals surface area contributed by atoms with Gasteiger partial charge in [-0.2, -0.15) is 0 Å². The zero-order valence-corrected chi connectivity index (χ0v) is 15.2. The van der Waals surface area contributed by atoms with Crippen molar-refractivity contribution in [3.05, 3.63) is 0 Å². The summed E-state index contributed by atoms with van der Waals surface area (Å²) < 4.78 is 30.2. The first kappa shape index (κ1) is 18.6. The maximum absolute atomic E-state index is 6.47. The SMILES string of the molecule is COCCCOC1CCOC1(OC1CCCCC1)OC1CCCC1. The average Bonchev–Trinajstić information content (AvgIpc) is 3.23. The van der Waals surface area contributed by atoms with Crippen molar-refractivity contribution in [2.75, 3.05) is 26.9 Å². The van der Waals surface area contributed by atoms with Gasteiger partial charge in [0.05, 0.1) is 18.8 Å². The summed E-state index contributed by atoms with van der Waals surface area (Å²) in [6, 6.07) is 0. The molecule has 0 radical (unpaired) electrons. The normalized spacial score (nSPS) is 32.6. The number of rotatable bonds is 9. The molecule has 1 saturated heterocycles. The van der Waals surface area contributed by atoms with Crippen molar-refractivity contribution in [1.29, 1.82) is 0 Å². The highest BCUT2D eigenvalue weighted by Crippen LogP contribution is 2.39. The van der Waals surface area contributed by atoms with Crippen LogP contribution in [-0.2, 0) is 23.7 Å². The topological polar surface area (TPSA) is 46.2 Å². The van der Waals surface area contributed by atoms with E-state index < -0.39 is 5.97 Å². The predicted octanol–water partition coefficient (Wildman–Crippen LogP) is 3.79. The molecule has 1 heterocycles. The monoisotopic (exact) mass is 342 g/mol. The van der Waals surface area contributed by atoms with E-state index >= 15 is 0 Å². The van der Waals surface area contributed by atoms with E-state index in [4.69, 9.17) is 23.7 Å².